The van der Waals surface area contributed by atoms with Crippen molar-refractivity contribution in [3.05, 3.63) is 42.7 Å². The zero-order valence-electron chi connectivity index (χ0n) is 11.8. The summed E-state index contributed by atoms with van der Waals surface area (Å²) in [4.78, 5) is 12.8. The molecule has 1 aromatic rings. The van der Waals surface area contributed by atoms with E-state index in [4.69, 9.17) is 9.03 Å². The van der Waals surface area contributed by atoms with Crippen molar-refractivity contribution in [2.24, 2.45) is 0 Å². The third-order valence-electron chi connectivity index (χ3n) is 2.09. The lowest BCUT2D eigenvalue weighted by Gasteiger charge is -2.08. The molecule has 16 heavy (non-hydrogen) atoms. The van der Waals surface area contributed by atoms with E-state index in [2.05, 4.69) is 21.0 Å². The Morgan fingerprint density at radius 1 is 1.31 bits per heavy atom. The molecular formula is C11H16O4Si. The molecule has 1 rings (SSSR count). The molecule has 0 unspecified atom stereocenters. The Balaban J connectivity index is 2.46. The number of hydrogen-bond acceptors (Lipinski definition) is 4. The van der Waals surface area contributed by atoms with E-state index in [1.165, 1.54) is 6.26 Å². The van der Waals surface area contributed by atoms with Crippen LogP contribution in [0, 0.1) is 0 Å². The molecule has 0 atom stereocenters. The molecule has 0 aromatic heterocycles. The third kappa shape index (κ3) is 5.08. The minimum Gasteiger partial charge on any atom is -0.466 e. The highest BCUT2D eigenvalue weighted by molar-refractivity contribution is 6.56. The number of aryl methyl sites for hydroxylation is 1. The molecule has 88 valence electrons. The molecule has 0 aliphatic heterocycles. The van der Waals surface area contributed by atoms with Gasteiger partial charge in [0.25, 0.3) is 0 Å². The molecule has 0 saturated carbocycles. The van der Waals surface area contributed by atoms with Crippen molar-refractivity contribution in [2.75, 3.05) is 0 Å². The molecule has 5 heteroatoms. The first kappa shape index (κ1) is 8.95. The van der Waals surface area contributed by atoms with E-state index >= 15 is 0 Å². The Hall–Kier alpha value is -1.14. The highest BCUT2D eigenvalue weighted by Gasteiger charge is 2.25. The maximum absolute atomic E-state index is 6.81. The molecule has 0 bridgehead atoms. The monoisotopic (exact) mass is 246 g/mol. The number of rotatable bonds is 9. The Bertz CT molecular complexity index is 376. The van der Waals surface area contributed by atoms with Crippen LogP contribution in [-0.2, 0) is 6.42 Å². The fraction of sp³-hybridized carbons (Fsp3) is 0.273. The first-order chi connectivity index (χ1) is 9.19. The lowest BCUT2D eigenvalue weighted by atomic mass is 10.1. The van der Waals surface area contributed by atoms with Gasteiger partial charge in [-0.1, -0.05) is 18.7 Å². The molecule has 0 heterocycles. The predicted molar refractivity (Wildman–Crippen MR) is 62.8 cm³/mol. The first-order valence-corrected chi connectivity index (χ1v) is 6.92. The van der Waals surface area contributed by atoms with Crippen LogP contribution >= 0.6 is 0 Å². The molecule has 0 fully saturated rings. The van der Waals surface area contributed by atoms with Gasteiger partial charge in [0.15, 0.2) is 4.29 Å². The average molecular weight is 246 g/mol. The quantitative estimate of drug-likeness (QED) is 0.450. The molecule has 3 N–H and O–H groups in total. The molecular weight excluding hydrogens is 224 g/mol. The van der Waals surface area contributed by atoms with Crippen LogP contribution in [-0.4, -0.2) is 27.5 Å². The molecule has 0 aliphatic rings. The van der Waals surface area contributed by atoms with Crippen LogP contribution in [0.1, 0.15) is 12.0 Å². The highest BCUT2D eigenvalue weighted by Crippen LogP contribution is 2.15. The molecule has 0 spiro atoms. The van der Waals surface area contributed by atoms with Crippen molar-refractivity contribution in [3.63, 3.8) is 0 Å². The van der Waals surface area contributed by atoms with E-state index in [9.17, 15) is 0 Å². The van der Waals surface area contributed by atoms with Crippen molar-refractivity contribution in [1.29, 1.82) is 4.29 Å². The Kier molecular flexibility index (Phi) is 3.25. The Morgan fingerprint density at radius 3 is 2.56 bits per heavy atom. The van der Waals surface area contributed by atoms with Gasteiger partial charge in [0.05, 0.1) is 6.26 Å². The molecule has 0 aliphatic carbocycles. The van der Waals surface area contributed by atoms with Crippen molar-refractivity contribution < 1.29 is 19.1 Å². The molecule has 0 radical (unpaired) electrons. The second-order valence-electron chi connectivity index (χ2n) is 3.47. The topological polar surface area (TPSA) is 69.9 Å². The Labute approximate surface area is 100 Å². The van der Waals surface area contributed by atoms with E-state index < -0.39 is 8.80 Å². The van der Waals surface area contributed by atoms with Gasteiger partial charge in [0, 0.05) is 6.04 Å². The first-order valence-electron chi connectivity index (χ1n) is 6.21. The summed E-state index contributed by atoms with van der Waals surface area (Å²) < 4.78 is 25.5. The maximum atomic E-state index is 6.81. The van der Waals surface area contributed by atoms with Gasteiger partial charge >= 0.3 is 8.80 Å². The number of hydrogen-bond donors (Lipinski definition) is 3. The van der Waals surface area contributed by atoms with Crippen LogP contribution in [0.5, 0.6) is 5.75 Å². The standard InChI is InChI=1S/C11H16O4Si/c1-2-15-11-7-5-10(6-8-11)4-3-9-16(12,13)14/h2,5-8,12-14H,1,3-4,9H2/i12T,13T,14T. The fourth-order valence-corrected chi connectivity index (χ4v) is 1.95. The zero-order chi connectivity index (χ0) is 14.1. The summed E-state index contributed by atoms with van der Waals surface area (Å²) in [5.74, 6) is 0.709. The molecule has 0 saturated heterocycles. The van der Waals surface area contributed by atoms with Gasteiger partial charge in [0.2, 0.25) is 0 Å². The Morgan fingerprint density at radius 2 is 2.00 bits per heavy atom. The van der Waals surface area contributed by atoms with E-state index in [1.807, 2.05) is 24.3 Å². The van der Waals surface area contributed by atoms with Gasteiger partial charge in [-0.2, -0.15) is 0 Å². The van der Waals surface area contributed by atoms with Gasteiger partial charge in [0.1, 0.15) is 5.75 Å². The van der Waals surface area contributed by atoms with Gasteiger partial charge in [-0.15, -0.1) is 0 Å². The van der Waals surface area contributed by atoms with Crippen LogP contribution in [0.15, 0.2) is 37.1 Å². The van der Waals surface area contributed by atoms with E-state index in [0.717, 1.165) is 5.56 Å². The van der Waals surface area contributed by atoms with E-state index in [0.29, 0.717) is 18.6 Å². The summed E-state index contributed by atoms with van der Waals surface area (Å²) in [6.45, 7) is 3.47. The zero-order valence-corrected chi connectivity index (χ0v) is 9.85. The van der Waals surface area contributed by atoms with Crippen LogP contribution < -0.4 is 4.74 Å². The van der Waals surface area contributed by atoms with Gasteiger partial charge in [-0.05, 0) is 30.5 Å². The van der Waals surface area contributed by atoms with Crippen LogP contribution in [0.4, 0.5) is 0 Å². The number of benzene rings is 1. The fourth-order valence-electron chi connectivity index (χ4n) is 1.34. The lowest BCUT2D eigenvalue weighted by Crippen LogP contribution is -2.34. The van der Waals surface area contributed by atoms with Gasteiger partial charge < -0.3 is 19.1 Å². The normalized spacial score (nSPS) is 13.6. The molecule has 1 aromatic carbocycles. The van der Waals surface area contributed by atoms with Gasteiger partial charge in [-0.25, -0.2) is 0 Å². The summed E-state index contributed by atoms with van der Waals surface area (Å²) in [6, 6.07) is 7.71. The van der Waals surface area contributed by atoms with Crippen molar-refractivity contribution in [1.82, 2.24) is 0 Å². The highest BCUT2D eigenvalue weighted by atomic mass is 28.4. The number of ether oxygens (including phenoxy) is 1. The van der Waals surface area contributed by atoms with E-state index in [-0.39, 0.29) is 6.04 Å². The summed E-state index contributed by atoms with van der Waals surface area (Å²) in [7, 11) is -3.43. The summed E-state index contributed by atoms with van der Waals surface area (Å²) in [6.07, 6.45) is 2.67. The van der Waals surface area contributed by atoms with Crippen LogP contribution in [0.25, 0.3) is 0 Å². The van der Waals surface area contributed by atoms with Crippen LogP contribution in [0.3, 0.4) is 0 Å². The third-order valence-corrected chi connectivity index (χ3v) is 3.06. The minimum absolute atomic E-state index is 0.244. The minimum atomic E-state index is -3.43. The second kappa shape index (κ2) is 5.81. The molecule has 4 nitrogen and oxygen atoms in total. The van der Waals surface area contributed by atoms with Crippen LogP contribution in [0.2, 0.25) is 6.04 Å². The predicted octanol–water partition coefficient (Wildman–Crippen LogP) is 1.06. The average Bonchev–Trinajstić information content (AvgIpc) is 2.46. The second-order valence-corrected chi connectivity index (χ2v) is 5.33. The SMILES string of the molecule is [3H]O[Si](CCCc1ccc(OC=C)cc1)(O[3H])O[3H]. The lowest BCUT2D eigenvalue weighted by molar-refractivity contribution is 0.226. The van der Waals surface area contributed by atoms with Crippen molar-refractivity contribution >= 4 is 8.80 Å². The smallest absolute Gasteiger partial charge is 0.466 e. The molecule has 0 amide bonds. The summed E-state index contributed by atoms with van der Waals surface area (Å²) in [5.41, 5.74) is 1.07. The maximum Gasteiger partial charge on any atom is 0.492 e. The van der Waals surface area contributed by atoms with Gasteiger partial charge in [-0.3, -0.25) is 0 Å². The van der Waals surface area contributed by atoms with Crippen molar-refractivity contribution in [2.45, 2.75) is 18.9 Å². The summed E-state index contributed by atoms with van der Waals surface area (Å²) in [5, 5.41) is 0. The summed E-state index contributed by atoms with van der Waals surface area (Å²) >= 11 is 0. The van der Waals surface area contributed by atoms with E-state index in [1.54, 1.807) is 0 Å². The van der Waals surface area contributed by atoms with Crippen molar-refractivity contribution in [3.8, 4) is 5.75 Å². The largest absolute Gasteiger partial charge is 0.492 e.